The average molecular weight is 396 g/mol. The van der Waals surface area contributed by atoms with Gasteiger partial charge in [-0.3, -0.25) is 4.79 Å². The predicted molar refractivity (Wildman–Crippen MR) is 108 cm³/mol. The van der Waals surface area contributed by atoms with Crippen LogP contribution in [0.5, 0.6) is 5.75 Å². The Kier molecular flexibility index (Phi) is 5.59. The number of nitrogens with one attached hydrogen (secondary N) is 1. The lowest BCUT2D eigenvalue weighted by Gasteiger charge is -2.53. The first-order chi connectivity index (χ1) is 13.8. The van der Waals surface area contributed by atoms with Crippen molar-refractivity contribution >= 4 is 23.6 Å². The molecule has 1 saturated heterocycles. The topological polar surface area (TPSA) is 95.9 Å². The van der Waals surface area contributed by atoms with Gasteiger partial charge in [0.15, 0.2) is 6.23 Å². The largest absolute Gasteiger partial charge is 0.478 e. The number of carboxylic acid groups (broad SMARTS) is 1. The minimum absolute atomic E-state index is 0.133. The van der Waals surface area contributed by atoms with Crippen molar-refractivity contribution in [3.8, 4) is 5.75 Å². The van der Waals surface area contributed by atoms with Crippen LogP contribution in [-0.2, 0) is 4.79 Å². The Morgan fingerprint density at radius 1 is 1.10 bits per heavy atom. The number of benzene rings is 2. The summed E-state index contributed by atoms with van der Waals surface area (Å²) in [5.41, 5.74) is 0.843. The Morgan fingerprint density at radius 3 is 2.28 bits per heavy atom. The number of ether oxygens (including phenoxy) is 1. The van der Waals surface area contributed by atoms with Crippen LogP contribution in [0.4, 0.5) is 10.5 Å². The quantitative estimate of drug-likeness (QED) is 0.711. The fraction of sp³-hybridized carbons (Fsp3) is 0.318. The highest BCUT2D eigenvalue weighted by molar-refractivity contribution is 6.08. The molecule has 1 aliphatic heterocycles. The van der Waals surface area contributed by atoms with Crippen LogP contribution in [-0.4, -0.2) is 34.1 Å². The SMILES string of the molecule is CCC1(CC)C(=O)N(C(=O)Nc2ccccc2C)C1Oc1ccc(C(=O)O)cc1. The summed E-state index contributed by atoms with van der Waals surface area (Å²) in [6, 6.07) is 12.7. The zero-order valence-corrected chi connectivity index (χ0v) is 16.6. The first kappa shape index (κ1) is 20.4. The van der Waals surface area contributed by atoms with E-state index in [4.69, 9.17) is 9.84 Å². The number of rotatable bonds is 6. The molecule has 2 N–H and O–H groups in total. The molecule has 0 spiro atoms. The summed E-state index contributed by atoms with van der Waals surface area (Å²) in [5, 5.41) is 11.8. The van der Waals surface area contributed by atoms with E-state index in [1.54, 1.807) is 12.1 Å². The number of carboxylic acids is 1. The van der Waals surface area contributed by atoms with Gasteiger partial charge in [-0.1, -0.05) is 32.0 Å². The Hall–Kier alpha value is -3.35. The molecule has 0 saturated carbocycles. The molecule has 2 aromatic rings. The van der Waals surface area contributed by atoms with Gasteiger partial charge in [-0.15, -0.1) is 0 Å². The lowest BCUT2D eigenvalue weighted by molar-refractivity contribution is -0.190. The van der Waals surface area contributed by atoms with Crippen molar-refractivity contribution < 1.29 is 24.2 Å². The Bertz CT molecular complexity index is 934. The van der Waals surface area contributed by atoms with Crippen LogP contribution in [0.1, 0.15) is 42.6 Å². The molecule has 0 aliphatic carbocycles. The van der Waals surface area contributed by atoms with Gasteiger partial charge in [-0.2, -0.15) is 0 Å². The van der Waals surface area contributed by atoms with Gasteiger partial charge >= 0.3 is 12.0 Å². The smallest absolute Gasteiger partial charge is 0.335 e. The van der Waals surface area contributed by atoms with E-state index in [2.05, 4.69) is 5.32 Å². The second-order valence-corrected chi connectivity index (χ2v) is 7.08. The van der Waals surface area contributed by atoms with Crippen molar-refractivity contribution in [2.75, 3.05) is 5.32 Å². The number of hydrogen-bond acceptors (Lipinski definition) is 4. The van der Waals surface area contributed by atoms with Crippen molar-refractivity contribution in [2.24, 2.45) is 5.41 Å². The summed E-state index contributed by atoms with van der Waals surface area (Å²) < 4.78 is 6.01. The van der Waals surface area contributed by atoms with Crippen molar-refractivity contribution in [3.05, 3.63) is 59.7 Å². The summed E-state index contributed by atoms with van der Waals surface area (Å²) in [4.78, 5) is 37.9. The zero-order valence-electron chi connectivity index (χ0n) is 16.6. The van der Waals surface area contributed by atoms with Gasteiger partial charge in [-0.05, 0) is 55.7 Å². The number of anilines is 1. The zero-order chi connectivity index (χ0) is 21.2. The molecule has 3 amide bonds. The number of nitrogens with zero attached hydrogens (tertiary/aromatic N) is 1. The average Bonchev–Trinajstić information content (AvgIpc) is 2.71. The van der Waals surface area contributed by atoms with Gasteiger partial charge < -0.3 is 15.2 Å². The second-order valence-electron chi connectivity index (χ2n) is 7.08. The van der Waals surface area contributed by atoms with Gasteiger partial charge in [0.05, 0.1) is 5.56 Å². The summed E-state index contributed by atoms with van der Waals surface area (Å²) >= 11 is 0. The maximum Gasteiger partial charge on any atom is 0.335 e. The van der Waals surface area contributed by atoms with E-state index in [9.17, 15) is 14.4 Å². The molecule has 152 valence electrons. The number of amides is 3. The summed E-state index contributed by atoms with van der Waals surface area (Å²) in [6.45, 7) is 5.65. The van der Waals surface area contributed by atoms with Crippen molar-refractivity contribution in [3.63, 3.8) is 0 Å². The number of urea groups is 1. The molecule has 2 aromatic carbocycles. The number of carbonyl (C=O) groups excluding carboxylic acids is 2. The lowest BCUT2D eigenvalue weighted by atomic mass is 9.72. The van der Waals surface area contributed by atoms with E-state index in [0.717, 1.165) is 10.5 Å². The first-order valence-corrected chi connectivity index (χ1v) is 9.54. The van der Waals surface area contributed by atoms with Gasteiger partial charge in [0, 0.05) is 5.69 Å². The Morgan fingerprint density at radius 2 is 1.72 bits per heavy atom. The molecule has 29 heavy (non-hydrogen) atoms. The molecule has 1 atom stereocenters. The van der Waals surface area contributed by atoms with E-state index in [1.807, 2.05) is 32.9 Å². The van der Waals surface area contributed by atoms with Crippen LogP contribution in [0.25, 0.3) is 0 Å². The van der Waals surface area contributed by atoms with E-state index in [-0.39, 0.29) is 11.5 Å². The summed E-state index contributed by atoms with van der Waals surface area (Å²) in [6.07, 6.45) is 0.271. The minimum atomic E-state index is -1.04. The van der Waals surface area contributed by atoms with Crippen molar-refractivity contribution in [2.45, 2.75) is 39.8 Å². The third kappa shape index (κ3) is 3.55. The predicted octanol–water partition coefficient (Wildman–Crippen LogP) is 4.28. The van der Waals surface area contributed by atoms with Crippen LogP contribution in [0.15, 0.2) is 48.5 Å². The number of β-lactam (4-membered cyclic amide) rings is 1. The van der Waals surface area contributed by atoms with E-state index in [1.165, 1.54) is 24.3 Å². The Balaban J connectivity index is 1.85. The van der Waals surface area contributed by atoms with E-state index >= 15 is 0 Å². The molecule has 0 bridgehead atoms. The maximum absolute atomic E-state index is 12.9. The third-order valence-corrected chi connectivity index (χ3v) is 5.57. The number of likely N-dealkylation sites (tertiary alicyclic amines) is 1. The van der Waals surface area contributed by atoms with E-state index < -0.39 is 23.6 Å². The molecular weight excluding hydrogens is 372 g/mol. The number of para-hydroxylation sites is 1. The van der Waals surface area contributed by atoms with Crippen LogP contribution < -0.4 is 10.1 Å². The standard InChI is InChI=1S/C22H24N2O5/c1-4-22(5-2)19(27)24(21(28)23-17-9-7-6-8-14(17)3)20(22)29-16-12-10-15(11-13-16)18(25)26/h6-13,20H,4-5H2,1-3H3,(H,23,28)(H,25,26). The monoisotopic (exact) mass is 396 g/mol. The van der Waals surface area contributed by atoms with Gasteiger partial charge in [0.25, 0.3) is 0 Å². The van der Waals surface area contributed by atoms with Crippen LogP contribution in [0.2, 0.25) is 0 Å². The molecule has 1 heterocycles. The molecule has 1 unspecified atom stereocenters. The van der Waals surface area contributed by atoms with Gasteiger partial charge in [0.1, 0.15) is 11.2 Å². The summed E-state index contributed by atoms with van der Waals surface area (Å²) in [7, 11) is 0. The molecule has 1 fully saturated rings. The first-order valence-electron chi connectivity index (χ1n) is 9.54. The molecule has 0 aromatic heterocycles. The third-order valence-electron chi connectivity index (χ3n) is 5.57. The van der Waals surface area contributed by atoms with Gasteiger partial charge in [-0.25, -0.2) is 14.5 Å². The van der Waals surface area contributed by atoms with Crippen LogP contribution in [0, 0.1) is 12.3 Å². The molecule has 7 nitrogen and oxygen atoms in total. The minimum Gasteiger partial charge on any atom is -0.478 e. The maximum atomic E-state index is 12.9. The number of carbonyl (C=O) groups is 3. The van der Waals surface area contributed by atoms with Crippen LogP contribution in [0.3, 0.4) is 0 Å². The highest BCUT2D eigenvalue weighted by Crippen LogP contribution is 2.46. The van der Waals surface area contributed by atoms with Gasteiger partial charge in [0.2, 0.25) is 5.91 Å². The molecule has 0 radical (unpaired) electrons. The fourth-order valence-corrected chi connectivity index (χ4v) is 3.59. The number of imide groups is 1. The molecule has 3 rings (SSSR count). The second kappa shape index (κ2) is 7.95. The molecule has 1 aliphatic rings. The van der Waals surface area contributed by atoms with Crippen molar-refractivity contribution in [1.82, 2.24) is 4.90 Å². The highest BCUT2D eigenvalue weighted by atomic mass is 16.5. The molecule has 7 heteroatoms. The number of aromatic carboxylic acids is 1. The van der Waals surface area contributed by atoms with E-state index in [0.29, 0.717) is 24.3 Å². The number of aryl methyl sites for hydroxylation is 1. The van der Waals surface area contributed by atoms with Crippen molar-refractivity contribution in [1.29, 1.82) is 0 Å². The number of hydrogen-bond donors (Lipinski definition) is 2. The Labute approximate surface area is 169 Å². The fourth-order valence-electron chi connectivity index (χ4n) is 3.59. The summed E-state index contributed by atoms with van der Waals surface area (Å²) in [5.74, 6) is -0.917. The lowest BCUT2D eigenvalue weighted by Crippen LogP contribution is -2.73. The van der Waals surface area contributed by atoms with Crippen LogP contribution >= 0.6 is 0 Å². The molecular formula is C22H24N2O5. The highest BCUT2D eigenvalue weighted by Gasteiger charge is 2.62. The normalized spacial score (nSPS) is 17.4.